The first kappa shape index (κ1) is 15.7. The molecule has 0 saturated carbocycles. The van der Waals surface area contributed by atoms with Crippen molar-refractivity contribution < 1.29 is 14.2 Å². The molecule has 0 saturated heterocycles. The van der Waals surface area contributed by atoms with Crippen LogP contribution in [0.5, 0.6) is 5.75 Å². The lowest BCUT2D eigenvalue weighted by Gasteiger charge is -2.09. The molecule has 0 unspecified atom stereocenters. The van der Waals surface area contributed by atoms with Crippen LogP contribution in [0.2, 0.25) is 10.0 Å². The summed E-state index contributed by atoms with van der Waals surface area (Å²) >= 11 is 11.8. The summed E-state index contributed by atoms with van der Waals surface area (Å²) in [6.07, 6.45) is 0. The van der Waals surface area contributed by atoms with Crippen LogP contribution >= 0.6 is 23.2 Å². The monoisotopic (exact) mass is 324 g/mol. The van der Waals surface area contributed by atoms with Crippen molar-refractivity contribution in [1.82, 2.24) is 0 Å². The summed E-state index contributed by atoms with van der Waals surface area (Å²) in [7, 11) is 0. The van der Waals surface area contributed by atoms with Crippen molar-refractivity contribution >= 4 is 23.2 Å². The van der Waals surface area contributed by atoms with E-state index in [1.165, 1.54) is 18.2 Å². The molecule has 0 heterocycles. The molecule has 1 N–H and O–H groups in total. The molecule has 0 spiro atoms. The highest BCUT2D eigenvalue weighted by Gasteiger charge is 2.05. The van der Waals surface area contributed by atoms with Crippen LogP contribution < -0.4 is 4.74 Å². The van der Waals surface area contributed by atoms with Crippen LogP contribution in [0.4, 0.5) is 4.39 Å². The molecule has 0 aliphatic carbocycles. The van der Waals surface area contributed by atoms with Crippen molar-refractivity contribution in [3.63, 3.8) is 0 Å². The number of ether oxygens (including phenoxy) is 1. The minimum atomic E-state index is -0.417. The number of hydrogen-bond donors (Lipinski definition) is 1. The van der Waals surface area contributed by atoms with E-state index in [4.69, 9.17) is 33.0 Å². The van der Waals surface area contributed by atoms with Gasteiger partial charge in [0, 0.05) is 0 Å². The summed E-state index contributed by atoms with van der Waals surface area (Å²) in [4.78, 5) is 0. The van der Waals surface area contributed by atoms with Crippen molar-refractivity contribution in [2.45, 2.75) is 6.61 Å². The molecule has 0 radical (unpaired) electrons. The zero-order valence-corrected chi connectivity index (χ0v) is 12.4. The number of benzene rings is 2. The van der Waals surface area contributed by atoms with Crippen LogP contribution in [0, 0.1) is 17.7 Å². The standard InChI is InChI=1S/C16H11Cl2FO2/c17-14-5-3-11(8-15(14)18)10-21-16-6-4-13(19)9-12(16)2-1-7-20/h3-6,8-9,20H,7,10H2. The van der Waals surface area contributed by atoms with E-state index in [1.807, 2.05) is 0 Å². The number of rotatable bonds is 3. The zero-order chi connectivity index (χ0) is 15.2. The maximum Gasteiger partial charge on any atom is 0.135 e. The predicted octanol–water partition coefficient (Wildman–Crippen LogP) is 4.06. The second kappa shape index (κ2) is 7.33. The Labute approximate surface area is 132 Å². The van der Waals surface area contributed by atoms with Gasteiger partial charge in [-0.15, -0.1) is 0 Å². The lowest BCUT2D eigenvalue weighted by Crippen LogP contribution is -1.98. The largest absolute Gasteiger partial charge is 0.488 e. The average molecular weight is 325 g/mol. The predicted molar refractivity (Wildman–Crippen MR) is 81.2 cm³/mol. The Balaban J connectivity index is 2.17. The fourth-order valence-electron chi connectivity index (χ4n) is 1.65. The first-order valence-electron chi connectivity index (χ1n) is 6.06. The smallest absolute Gasteiger partial charge is 0.135 e. The second-order valence-electron chi connectivity index (χ2n) is 4.14. The van der Waals surface area contributed by atoms with Gasteiger partial charge in [0.1, 0.15) is 24.8 Å². The van der Waals surface area contributed by atoms with Gasteiger partial charge in [-0.3, -0.25) is 0 Å². The molecular formula is C16H11Cl2FO2. The van der Waals surface area contributed by atoms with E-state index in [0.29, 0.717) is 21.4 Å². The molecule has 108 valence electrons. The fraction of sp³-hybridized carbons (Fsp3) is 0.125. The quantitative estimate of drug-likeness (QED) is 0.863. The van der Waals surface area contributed by atoms with Crippen LogP contribution in [-0.4, -0.2) is 11.7 Å². The normalized spacial score (nSPS) is 9.90. The molecule has 0 aromatic heterocycles. The van der Waals surface area contributed by atoms with Crippen LogP contribution in [0.3, 0.4) is 0 Å². The lowest BCUT2D eigenvalue weighted by atomic mass is 10.2. The van der Waals surface area contributed by atoms with Gasteiger partial charge in [-0.2, -0.15) is 0 Å². The molecule has 21 heavy (non-hydrogen) atoms. The van der Waals surface area contributed by atoms with Crippen molar-refractivity contribution in [2.75, 3.05) is 6.61 Å². The van der Waals surface area contributed by atoms with E-state index in [-0.39, 0.29) is 13.2 Å². The molecule has 0 amide bonds. The summed E-state index contributed by atoms with van der Waals surface area (Å²) < 4.78 is 18.8. The van der Waals surface area contributed by atoms with Gasteiger partial charge in [0.25, 0.3) is 0 Å². The van der Waals surface area contributed by atoms with Gasteiger partial charge in [0.15, 0.2) is 0 Å². The molecular weight excluding hydrogens is 314 g/mol. The first-order chi connectivity index (χ1) is 10.1. The molecule has 2 rings (SSSR count). The summed E-state index contributed by atoms with van der Waals surface area (Å²) in [5.74, 6) is 5.13. The molecule has 5 heteroatoms. The molecule has 0 aliphatic rings. The summed E-state index contributed by atoms with van der Waals surface area (Å²) in [6, 6.07) is 9.21. The zero-order valence-electron chi connectivity index (χ0n) is 10.9. The lowest BCUT2D eigenvalue weighted by molar-refractivity contribution is 0.305. The Morgan fingerprint density at radius 1 is 1.10 bits per heavy atom. The highest BCUT2D eigenvalue weighted by molar-refractivity contribution is 6.42. The topological polar surface area (TPSA) is 29.5 Å². The number of aliphatic hydroxyl groups is 1. The Hall–Kier alpha value is -1.73. The van der Waals surface area contributed by atoms with Crippen molar-refractivity contribution in [1.29, 1.82) is 0 Å². The van der Waals surface area contributed by atoms with E-state index in [1.54, 1.807) is 18.2 Å². The Morgan fingerprint density at radius 2 is 1.90 bits per heavy atom. The molecule has 2 nitrogen and oxygen atoms in total. The van der Waals surface area contributed by atoms with Crippen LogP contribution in [0.15, 0.2) is 36.4 Å². The van der Waals surface area contributed by atoms with Gasteiger partial charge in [0.2, 0.25) is 0 Å². The van der Waals surface area contributed by atoms with Gasteiger partial charge < -0.3 is 9.84 Å². The first-order valence-corrected chi connectivity index (χ1v) is 6.82. The molecule has 0 bridgehead atoms. The molecule has 0 atom stereocenters. The Kier molecular flexibility index (Phi) is 5.46. The summed E-state index contributed by atoms with van der Waals surface area (Å²) in [5.41, 5.74) is 1.21. The van der Waals surface area contributed by atoms with Gasteiger partial charge in [-0.05, 0) is 35.9 Å². The van der Waals surface area contributed by atoms with Crippen LogP contribution in [0.25, 0.3) is 0 Å². The van der Waals surface area contributed by atoms with Gasteiger partial charge in [-0.25, -0.2) is 4.39 Å². The number of aliphatic hydroxyl groups excluding tert-OH is 1. The van der Waals surface area contributed by atoms with E-state index in [2.05, 4.69) is 11.8 Å². The molecule has 0 fully saturated rings. The van der Waals surface area contributed by atoms with Crippen molar-refractivity contribution in [3.05, 3.63) is 63.4 Å². The van der Waals surface area contributed by atoms with E-state index in [9.17, 15) is 4.39 Å². The Bertz CT molecular complexity index is 705. The third-order valence-electron chi connectivity index (χ3n) is 2.62. The minimum absolute atomic E-state index is 0.246. The SMILES string of the molecule is OCC#Cc1cc(F)ccc1OCc1ccc(Cl)c(Cl)c1. The van der Waals surface area contributed by atoms with Gasteiger partial charge >= 0.3 is 0 Å². The van der Waals surface area contributed by atoms with Crippen LogP contribution in [-0.2, 0) is 6.61 Å². The molecule has 0 aliphatic heterocycles. The summed E-state index contributed by atoms with van der Waals surface area (Å²) in [5, 5.41) is 9.63. The van der Waals surface area contributed by atoms with E-state index in [0.717, 1.165) is 5.56 Å². The average Bonchev–Trinajstić information content (AvgIpc) is 2.47. The van der Waals surface area contributed by atoms with E-state index >= 15 is 0 Å². The Morgan fingerprint density at radius 3 is 2.62 bits per heavy atom. The highest BCUT2D eigenvalue weighted by atomic mass is 35.5. The van der Waals surface area contributed by atoms with Crippen molar-refractivity contribution in [3.8, 4) is 17.6 Å². The third-order valence-corrected chi connectivity index (χ3v) is 3.36. The summed E-state index contributed by atoms with van der Waals surface area (Å²) in [6.45, 7) is -0.0565. The van der Waals surface area contributed by atoms with Crippen LogP contribution in [0.1, 0.15) is 11.1 Å². The maximum atomic E-state index is 13.2. The molecule has 2 aromatic rings. The highest BCUT2D eigenvalue weighted by Crippen LogP contribution is 2.24. The second-order valence-corrected chi connectivity index (χ2v) is 4.95. The fourth-order valence-corrected chi connectivity index (χ4v) is 1.97. The maximum absolute atomic E-state index is 13.2. The van der Waals surface area contributed by atoms with Gasteiger partial charge in [0.05, 0.1) is 15.6 Å². The van der Waals surface area contributed by atoms with E-state index < -0.39 is 5.82 Å². The minimum Gasteiger partial charge on any atom is -0.488 e. The van der Waals surface area contributed by atoms with Gasteiger partial charge in [-0.1, -0.05) is 41.1 Å². The number of halogens is 3. The third kappa shape index (κ3) is 4.37. The number of hydrogen-bond acceptors (Lipinski definition) is 2. The van der Waals surface area contributed by atoms with Crippen molar-refractivity contribution in [2.24, 2.45) is 0 Å². The molecule has 2 aromatic carbocycles.